The number of pyridine rings is 2. The largest absolute Gasteiger partial charge is 0.337 e. The van der Waals surface area contributed by atoms with Crippen LogP contribution in [0.2, 0.25) is 0 Å². The van der Waals surface area contributed by atoms with Gasteiger partial charge >= 0.3 is 0 Å². The van der Waals surface area contributed by atoms with E-state index in [2.05, 4.69) is 120 Å². The van der Waals surface area contributed by atoms with E-state index in [1.165, 1.54) is 135 Å². The maximum atomic E-state index is 4.56. The predicted molar refractivity (Wildman–Crippen MR) is 199 cm³/mol. The lowest BCUT2D eigenvalue weighted by Gasteiger charge is -2.25. The highest BCUT2D eigenvalue weighted by Crippen LogP contribution is 2.41. The van der Waals surface area contributed by atoms with Crippen molar-refractivity contribution in [2.24, 2.45) is 0 Å². The van der Waals surface area contributed by atoms with Gasteiger partial charge in [0, 0.05) is 69.4 Å². The summed E-state index contributed by atoms with van der Waals surface area (Å²) in [5, 5.41) is 5.14. The molecule has 4 nitrogen and oxygen atoms in total. The van der Waals surface area contributed by atoms with Crippen molar-refractivity contribution in [1.82, 2.24) is 19.1 Å². The Balaban J connectivity index is 1.22. The van der Waals surface area contributed by atoms with Gasteiger partial charge in [-0.25, -0.2) is 0 Å². The Labute approximate surface area is 278 Å². The van der Waals surface area contributed by atoms with Crippen LogP contribution in [0.15, 0.2) is 85.5 Å². The minimum absolute atomic E-state index is 0.506. The summed E-state index contributed by atoms with van der Waals surface area (Å²) in [6.07, 6.45) is 19.3. The van der Waals surface area contributed by atoms with Crippen LogP contribution in [0.1, 0.15) is 94.8 Å². The summed E-state index contributed by atoms with van der Waals surface area (Å²) in [5.41, 5.74) is 13.0. The third kappa shape index (κ3) is 5.04. The smallest absolute Gasteiger partial charge is 0.0525 e. The van der Waals surface area contributed by atoms with Crippen LogP contribution in [-0.4, -0.2) is 19.1 Å². The third-order valence-corrected chi connectivity index (χ3v) is 10.9. The van der Waals surface area contributed by atoms with Crippen molar-refractivity contribution in [1.29, 1.82) is 0 Å². The van der Waals surface area contributed by atoms with Crippen LogP contribution in [0.4, 0.5) is 0 Å². The lowest BCUT2D eigenvalue weighted by atomic mass is 9.91. The third-order valence-electron chi connectivity index (χ3n) is 10.9. The van der Waals surface area contributed by atoms with Gasteiger partial charge in [0.15, 0.2) is 0 Å². The van der Waals surface area contributed by atoms with Gasteiger partial charge in [0.05, 0.1) is 11.0 Å². The van der Waals surface area contributed by atoms with Gasteiger partial charge in [0.2, 0.25) is 0 Å². The van der Waals surface area contributed by atoms with Gasteiger partial charge in [-0.15, -0.1) is 0 Å². The fourth-order valence-electron chi connectivity index (χ4n) is 8.76. The molecule has 1 aliphatic carbocycles. The molecule has 1 saturated carbocycles. The van der Waals surface area contributed by atoms with E-state index in [0.717, 1.165) is 0 Å². The minimum atomic E-state index is 0.506. The molecule has 4 heterocycles. The Hall–Kier alpha value is -4.44. The Bertz CT molecular complexity index is 2240. The van der Waals surface area contributed by atoms with E-state index in [0.29, 0.717) is 12.1 Å². The summed E-state index contributed by atoms with van der Waals surface area (Å²) < 4.78 is 5.22. The molecule has 0 unspecified atom stereocenters. The standard InChI is InChI=1S/C43H46N4/c1-5-10-32(11-6-2)46-40-16-14-30(24-36(40)38-26-44-20-18-42(38)46)34-22-29(4)35(23-28(34)3)31-15-17-41-37(25-31)39-27-45-21-19-43(39)47(41)33-12-8-7-9-13-33/h14-27,32-33H,5-13H2,1-4H3. The van der Waals surface area contributed by atoms with Gasteiger partial charge in [-0.05, 0) is 109 Å². The molecular formula is C43H46N4. The highest BCUT2D eigenvalue weighted by Gasteiger charge is 2.22. The summed E-state index contributed by atoms with van der Waals surface area (Å²) in [5.74, 6) is 0. The highest BCUT2D eigenvalue weighted by molar-refractivity contribution is 6.10. The average molecular weight is 619 g/mol. The van der Waals surface area contributed by atoms with E-state index < -0.39 is 0 Å². The van der Waals surface area contributed by atoms with Crippen molar-refractivity contribution in [3.63, 3.8) is 0 Å². The fraction of sp³-hybridized carbons (Fsp3) is 0.349. The first kappa shape index (κ1) is 29.9. The van der Waals surface area contributed by atoms with Crippen LogP contribution >= 0.6 is 0 Å². The molecule has 0 saturated heterocycles. The van der Waals surface area contributed by atoms with E-state index in [1.807, 2.05) is 12.4 Å². The minimum Gasteiger partial charge on any atom is -0.337 e. The first-order valence-electron chi connectivity index (χ1n) is 17.9. The van der Waals surface area contributed by atoms with Crippen LogP contribution in [0, 0.1) is 13.8 Å². The van der Waals surface area contributed by atoms with Crippen molar-refractivity contribution >= 4 is 43.6 Å². The van der Waals surface area contributed by atoms with Gasteiger partial charge < -0.3 is 9.13 Å². The summed E-state index contributed by atoms with van der Waals surface area (Å²) in [6.45, 7) is 9.14. The van der Waals surface area contributed by atoms with Gasteiger partial charge in [0.1, 0.15) is 0 Å². The van der Waals surface area contributed by atoms with Crippen molar-refractivity contribution < 1.29 is 0 Å². The van der Waals surface area contributed by atoms with Gasteiger partial charge in [-0.1, -0.05) is 70.2 Å². The molecule has 4 aromatic heterocycles. The zero-order chi connectivity index (χ0) is 32.1. The topological polar surface area (TPSA) is 35.6 Å². The Morgan fingerprint density at radius 1 is 0.617 bits per heavy atom. The zero-order valence-electron chi connectivity index (χ0n) is 28.4. The molecular weight excluding hydrogens is 573 g/mol. The Morgan fingerprint density at radius 2 is 1.13 bits per heavy atom. The number of hydrogen-bond donors (Lipinski definition) is 0. The SMILES string of the molecule is CCCC(CCC)n1c2ccncc2c2cc(-c3cc(C)c(-c4ccc5c(c4)c4cnccc4n5C4CCCCC4)cc3C)ccc21. The van der Waals surface area contributed by atoms with Crippen molar-refractivity contribution in [2.45, 2.75) is 97.6 Å². The zero-order valence-corrected chi connectivity index (χ0v) is 28.4. The lowest BCUT2D eigenvalue weighted by Crippen LogP contribution is -2.12. The first-order valence-corrected chi connectivity index (χ1v) is 17.9. The molecule has 8 rings (SSSR count). The predicted octanol–water partition coefficient (Wildman–Crippen LogP) is 12.3. The number of rotatable bonds is 8. The molecule has 7 aromatic rings. The van der Waals surface area contributed by atoms with Crippen molar-refractivity contribution in [3.05, 3.63) is 96.6 Å². The number of aryl methyl sites for hydroxylation is 2. The van der Waals surface area contributed by atoms with Crippen molar-refractivity contribution in [2.75, 3.05) is 0 Å². The average Bonchev–Trinajstić information content (AvgIpc) is 3.61. The Kier molecular flexibility index (Phi) is 7.83. The van der Waals surface area contributed by atoms with Crippen LogP contribution in [-0.2, 0) is 0 Å². The molecule has 4 heteroatoms. The van der Waals surface area contributed by atoms with Gasteiger partial charge in [-0.3, -0.25) is 9.97 Å². The van der Waals surface area contributed by atoms with E-state index in [-0.39, 0.29) is 0 Å². The number of hydrogen-bond acceptors (Lipinski definition) is 2. The normalized spacial score (nSPS) is 14.4. The maximum absolute atomic E-state index is 4.56. The summed E-state index contributed by atoms with van der Waals surface area (Å²) in [4.78, 5) is 9.11. The molecule has 0 spiro atoms. The van der Waals surface area contributed by atoms with Crippen molar-refractivity contribution in [3.8, 4) is 22.3 Å². The van der Waals surface area contributed by atoms with Crippen LogP contribution in [0.3, 0.4) is 0 Å². The molecule has 238 valence electrons. The summed E-state index contributed by atoms with van der Waals surface area (Å²) >= 11 is 0. The van der Waals surface area contributed by atoms with Gasteiger partial charge in [-0.2, -0.15) is 0 Å². The molecule has 0 N–H and O–H groups in total. The first-order chi connectivity index (χ1) is 23.1. The van der Waals surface area contributed by atoms with Crippen LogP contribution in [0.25, 0.3) is 65.9 Å². The van der Waals surface area contributed by atoms with E-state index in [9.17, 15) is 0 Å². The summed E-state index contributed by atoms with van der Waals surface area (Å²) in [6, 6.07) is 24.5. The van der Waals surface area contributed by atoms with E-state index >= 15 is 0 Å². The summed E-state index contributed by atoms with van der Waals surface area (Å²) in [7, 11) is 0. The number of benzene rings is 3. The molecule has 1 fully saturated rings. The second-order valence-electron chi connectivity index (χ2n) is 14.0. The quantitative estimate of drug-likeness (QED) is 0.170. The number of nitrogens with zero attached hydrogens (tertiary/aromatic N) is 4. The number of aromatic nitrogens is 4. The monoisotopic (exact) mass is 618 g/mol. The van der Waals surface area contributed by atoms with E-state index in [1.54, 1.807) is 0 Å². The van der Waals surface area contributed by atoms with Crippen LogP contribution < -0.4 is 0 Å². The Morgan fingerprint density at radius 3 is 1.74 bits per heavy atom. The molecule has 0 amide bonds. The van der Waals surface area contributed by atoms with Crippen LogP contribution in [0.5, 0.6) is 0 Å². The fourth-order valence-corrected chi connectivity index (χ4v) is 8.76. The molecule has 3 aromatic carbocycles. The molecule has 1 aliphatic rings. The lowest BCUT2D eigenvalue weighted by molar-refractivity contribution is 0.367. The molecule has 47 heavy (non-hydrogen) atoms. The molecule has 0 aliphatic heterocycles. The van der Waals surface area contributed by atoms with E-state index in [4.69, 9.17) is 0 Å². The second kappa shape index (κ2) is 12.3. The number of fused-ring (bicyclic) bond motifs is 6. The second-order valence-corrected chi connectivity index (χ2v) is 14.0. The highest BCUT2D eigenvalue weighted by atomic mass is 15.0. The molecule has 0 bridgehead atoms. The maximum Gasteiger partial charge on any atom is 0.0525 e. The molecule has 0 atom stereocenters. The van der Waals surface area contributed by atoms with Gasteiger partial charge in [0.25, 0.3) is 0 Å². The molecule has 0 radical (unpaired) electrons.